The molecule has 3 heteroatoms. The first-order valence-corrected chi connectivity index (χ1v) is 7.17. The van der Waals surface area contributed by atoms with Crippen LogP contribution < -0.4 is 5.32 Å². The normalized spacial score (nSPS) is 30.1. The SMILES string of the molecule is CCCCC1CC(NC2CC2)CN(CC#N)C1. The van der Waals surface area contributed by atoms with Gasteiger partial charge >= 0.3 is 0 Å². The van der Waals surface area contributed by atoms with Crippen LogP contribution in [0.4, 0.5) is 0 Å². The highest BCUT2D eigenvalue weighted by molar-refractivity contribution is 4.92. The predicted octanol–water partition coefficient (Wildman–Crippen LogP) is 2.14. The summed E-state index contributed by atoms with van der Waals surface area (Å²) in [6, 6.07) is 3.72. The van der Waals surface area contributed by atoms with Gasteiger partial charge in [0.1, 0.15) is 0 Å². The average Bonchev–Trinajstić information content (AvgIpc) is 3.10. The fourth-order valence-electron chi connectivity index (χ4n) is 2.94. The monoisotopic (exact) mass is 235 g/mol. The molecule has 0 spiro atoms. The van der Waals surface area contributed by atoms with Gasteiger partial charge in [0.15, 0.2) is 0 Å². The first-order valence-electron chi connectivity index (χ1n) is 7.17. The Hall–Kier alpha value is -0.590. The predicted molar refractivity (Wildman–Crippen MR) is 69.6 cm³/mol. The highest BCUT2D eigenvalue weighted by Crippen LogP contribution is 2.26. The Kier molecular flexibility index (Phi) is 4.82. The van der Waals surface area contributed by atoms with Crippen molar-refractivity contribution < 1.29 is 0 Å². The molecule has 3 nitrogen and oxygen atoms in total. The molecule has 2 rings (SSSR count). The maximum atomic E-state index is 8.85. The lowest BCUT2D eigenvalue weighted by molar-refractivity contribution is 0.147. The zero-order chi connectivity index (χ0) is 12.1. The van der Waals surface area contributed by atoms with Gasteiger partial charge in [-0.2, -0.15) is 5.26 Å². The second-order valence-electron chi connectivity index (χ2n) is 5.73. The minimum absolute atomic E-state index is 0.603. The Morgan fingerprint density at radius 2 is 2.12 bits per heavy atom. The third kappa shape index (κ3) is 4.29. The number of hydrogen-bond donors (Lipinski definition) is 1. The van der Waals surface area contributed by atoms with Crippen LogP contribution in [0, 0.1) is 17.2 Å². The van der Waals surface area contributed by atoms with E-state index < -0.39 is 0 Å². The van der Waals surface area contributed by atoms with E-state index in [2.05, 4.69) is 23.2 Å². The van der Waals surface area contributed by atoms with Gasteiger partial charge in [0.05, 0.1) is 12.6 Å². The fraction of sp³-hybridized carbons (Fsp3) is 0.929. The van der Waals surface area contributed by atoms with Gasteiger partial charge in [-0.05, 0) is 31.6 Å². The molecule has 1 N–H and O–H groups in total. The van der Waals surface area contributed by atoms with Crippen LogP contribution in [0.2, 0.25) is 0 Å². The molecule has 0 bridgehead atoms. The summed E-state index contributed by atoms with van der Waals surface area (Å²) in [5.74, 6) is 0.799. The number of nitrogens with one attached hydrogen (secondary N) is 1. The van der Waals surface area contributed by atoms with E-state index in [-0.39, 0.29) is 0 Å². The molecular weight excluding hydrogens is 210 g/mol. The number of hydrogen-bond acceptors (Lipinski definition) is 3. The number of likely N-dealkylation sites (tertiary alicyclic amines) is 1. The molecule has 0 aromatic carbocycles. The Bertz CT molecular complexity index is 267. The molecular formula is C14H25N3. The van der Waals surface area contributed by atoms with Crippen LogP contribution >= 0.6 is 0 Å². The highest BCUT2D eigenvalue weighted by atomic mass is 15.2. The molecule has 2 aliphatic rings. The first-order chi connectivity index (χ1) is 8.31. The molecule has 0 amide bonds. The quantitative estimate of drug-likeness (QED) is 0.717. The molecule has 96 valence electrons. The van der Waals surface area contributed by atoms with Gasteiger partial charge < -0.3 is 5.32 Å². The molecule has 2 atom stereocenters. The third-order valence-corrected chi connectivity index (χ3v) is 3.92. The van der Waals surface area contributed by atoms with Crippen LogP contribution in [-0.2, 0) is 0 Å². The molecule has 1 aliphatic carbocycles. The van der Waals surface area contributed by atoms with Gasteiger partial charge in [0.25, 0.3) is 0 Å². The average molecular weight is 235 g/mol. The lowest BCUT2D eigenvalue weighted by atomic mass is 9.90. The Balaban J connectivity index is 1.82. The second kappa shape index (κ2) is 6.37. The van der Waals surface area contributed by atoms with E-state index in [0.717, 1.165) is 25.0 Å². The topological polar surface area (TPSA) is 39.1 Å². The van der Waals surface area contributed by atoms with Crippen LogP contribution in [0.5, 0.6) is 0 Å². The number of nitrogens with zero attached hydrogens (tertiary/aromatic N) is 2. The van der Waals surface area contributed by atoms with Crippen molar-refractivity contribution in [1.29, 1.82) is 5.26 Å². The minimum atomic E-state index is 0.603. The number of piperidine rings is 1. The van der Waals surface area contributed by atoms with Crippen LogP contribution in [0.15, 0.2) is 0 Å². The summed E-state index contributed by atoms with van der Waals surface area (Å²) in [6.45, 7) is 5.07. The molecule has 1 aliphatic heterocycles. The van der Waals surface area contributed by atoms with Crippen LogP contribution in [-0.4, -0.2) is 36.6 Å². The van der Waals surface area contributed by atoms with E-state index in [4.69, 9.17) is 5.26 Å². The first kappa shape index (κ1) is 12.9. The largest absolute Gasteiger partial charge is 0.310 e. The van der Waals surface area contributed by atoms with Gasteiger partial charge in [0, 0.05) is 25.2 Å². The van der Waals surface area contributed by atoms with Crippen LogP contribution in [0.25, 0.3) is 0 Å². The maximum Gasteiger partial charge on any atom is 0.0866 e. The summed E-state index contributed by atoms with van der Waals surface area (Å²) in [4.78, 5) is 2.34. The van der Waals surface area contributed by atoms with Crippen molar-refractivity contribution in [3.63, 3.8) is 0 Å². The molecule has 0 aromatic rings. The standard InChI is InChI=1S/C14H25N3/c1-2-3-4-12-9-14(16-13-5-6-13)11-17(10-12)8-7-15/h12-14,16H,2-6,8-11H2,1H3. The van der Waals surface area contributed by atoms with Gasteiger partial charge in [-0.1, -0.05) is 19.8 Å². The zero-order valence-electron chi connectivity index (χ0n) is 11.0. The van der Waals surface area contributed by atoms with Crippen molar-refractivity contribution in [2.75, 3.05) is 19.6 Å². The number of nitriles is 1. The lowest BCUT2D eigenvalue weighted by Crippen LogP contribution is -2.49. The Labute approximate surface area is 105 Å². The fourth-order valence-corrected chi connectivity index (χ4v) is 2.94. The van der Waals surface area contributed by atoms with E-state index in [1.807, 2.05) is 0 Å². The zero-order valence-corrected chi connectivity index (χ0v) is 11.0. The molecule has 1 saturated carbocycles. The van der Waals surface area contributed by atoms with Crippen molar-refractivity contribution in [2.24, 2.45) is 5.92 Å². The summed E-state index contributed by atoms with van der Waals surface area (Å²) in [6.07, 6.45) is 7.99. The summed E-state index contributed by atoms with van der Waals surface area (Å²) in [7, 11) is 0. The van der Waals surface area contributed by atoms with Crippen molar-refractivity contribution in [3.05, 3.63) is 0 Å². The van der Waals surface area contributed by atoms with Gasteiger partial charge in [-0.25, -0.2) is 0 Å². The van der Waals surface area contributed by atoms with E-state index in [1.165, 1.54) is 38.5 Å². The number of unbranched alkanes of at least 4 members (excludes halogenated alkanes) is 1. The second-order valence-corrected chi connectivity index (χ2v) is 5.73. The summed E-state index contributed by atoms with van der Waals surface area (Å²) in [5, 5.41) is 12.6. The van der Waals surface area contributed by atoms with E-state index in [9.17, 15) is 0 Å². The van der Waals surface area contributed by atoms with Gasteiger partial charge in [0.2, 0.25) is 0 Å². The van der Waals surface area contributed by atoms with Crippen molar-refractivity contribution >= 4 is 0 Å². The summed E-state index contributed by atoms with van der Waals surface area (Å²) in [5.41, 5.74) is 0. The smallest absolute Gasteiger partial charge is 0.0866 e. The van der Waals surface area contributed by atoms with Crippen LogP contribution in [0.1, 0.15) is 45.4 Å². The molecule has 2 unspecified atom stereocenters. The van der Waals surface area contributed by atoms with E-state index in [1.54, 1.807) is 0 Å². The van der Waals surface area contributed by atoms with E-state index >= 15 is 0 Å². The molecule has 1 heterocycles. The van der Waals surface area contributed by atoms with Gasteiger partial charge in [-0.3, -0.25) is 4.90 Å². The highest BCUT2D eigenvalue weighted by Gasteiger charge is 2.31. The van der Waals surface area contributed by atoms with Crippen molar-refractivity contribution in [1.82, 2.24) is 10.2 Å². The summed E-state index contributed by atoms with van der Waals surface area (Å²) < 4.78 is 0. The van der Waals surface area contributed by atoms with Gasteiger partial charge in [-0.15, -0.1) is 0 Å². The third-order valence-electron chi connectivity index (χ3n) is 3.92. The minimum Gasteiger partial charge on any atom is -0.310 e. The molecule has 17 heavy (non-hydrogen) atoms. The Morgan fingerprint density at radius 3 is 2.76 bits per heavy atom. The molecule has 0 aromatic heterocycles. The van der Waals surface area contributed by atoms with Crippen LogP contribution in [0.3, 0.4) is 0 Å². The number of rotatable bonds is 6. The van der Waals surface area contributed by atoms with Crippen molar-refractivity contribution in [3.8, 4) is 6.07 Å². The molecule has 1 saturated heterocycles. The lowest BCUT2D eigenvalue weighted by Gasteiger charge is -2.37. The maximum absolute atomic E-state index is 8.85. The molecule has 0 radical (unpaired) electrons. The summed E-state index contributed by atoms with van der Waals surface area (Å²) >= 11 is 0. The van der Waals surface area contributed by atoms with Crippen molar-refractivity contribution in [2.45, 2.75) is 57.5 Å². The van der Waals surface area contributed by atoms with E-state index in [0.29, 0.717) is 12.6 Å². The molecule has 2 fully saturated rings. The Morgan fingerprint density at radius 1 is 1.29 bits per heavy atom.